The lowest BCUT2D eigenvalue weighted by atomic mass is 10.0. The number of morpholine rings is 1. The summed E-state index contributed by atoms with van der Waals surface area (Å²) in [6, 6.07) is 12.3. The average molecular weight is 398 g/mol. The fraction of sp³-hybridized carbons (Fsp3) is 0.522. The Kier molecular flexibility index (Phi) is 6.33. The monoisotopic (exact) mass is 397 g/mol. The second-order valence-electron chi connectivity index (χ2n) is 7.99. The van der Waals surface area contributed by atoms with Crippen molar-refractivity contribution in [2.24, 2.45) is 0 Å². The Morgan fingerprint density at radius 3 is 2.59 bits per heavy atom. The molecular weight excluding hydrogens is 366 g/mol. The highest BCUT2D eigenvalue weighted by atomic mass is 16.5. The van der Waals surface area contributed by atoms with Gasteiger partial charge in [-0.3, -0.25) is 9.69 Å². The number of nitrogens with zero attached hydrogens (tertiary/aromatic N) is 3. The topological polar surface area (TPSA) is 49.2 Å². The molecule has 1 atom stereocenters. The van der Waals surface area contributed by atoms with Gasteiger partial charge in [-0.05, 0) is 18.7 Å². The third-order valence-electron chi connectivity index (χ3n) is 5.95. The Bertz CT molecular complexity index is 814. The summed E-state index contributed by atoms with van der Waals surface area (Å²) in [5, 5.41) is 0. The molecule has 0 spiro atoms. The second-order valence-corrected chi connectivity index (χ2v) is 7.99. The van der Waals surface area contributed by atoms with Crippen LogP contribution in [0.1, 0.15) is 40.4 Å². The molecule has 1 aromatic carbocycles. The van der Waals surface area contributed by atoms with Gasteiger partial charge in [-0.25, -0.2) is 0 Å². The molecule has 1 amide bonds. The van der Waals surface area contributed by atoms with E-state index in [0.717, 1.165) is 63.7 Å². The highest BCUT2D eigenvalue weighted by Gasteiger charge is 2.33. The maximum absolute atomic E-state index is 13.4. The van der Waals surface area contributed by atoms with Crippen LogP contribution in [0.5, 0.6) is 0 Å². The molecule has 3 heterocycles. The largest absolute Gasteiger partial charge is 0.456 e. The van der Waals surface area contributed by atoms with Gasteiger partial charge in [-0.1, -0.05) is 37.3 Å². The number of amides is 1. The van der Waals surface area contributed by atoms with Crippen LogP contribution in [0.15, 0.2) is 40.8 Å². The van der Waals surface area contributed by atoms with Crippen molar-refractivity contribution in [3.05, 3.63) is 59.0 Å². The SMILES string of the molecule is CCc1oc(C(=O)N2CCN(C)CC2c2ccccc2)cc1CN1CCOCC1. The van der Waals surface area contributed by atoms with Crippen molar-refractivity contribution in [1.82, 2.24) is 14.7 Å². The molecule has 6 nitrogen and oxygen atoms in total. The molecule has 1 aromatic heterocycles. The summed E-state index contributed by atoms with van der Waals surface area (Å²) in [5.74, 6) is 1.38. The number of likely N-dealkylation sites (N-methyl/N-ethyl adjacent to an activating group) is 1. The van der Waals surface area contributed by atoms with Gasteiger partial charge in [-0.2, -0.15) is 0 Å². The van der Waals surface area contributed by atoms with Gasteiger partial charge in [0.15, 0.2) is 5.76 Å². The first kappa shape index (κ1) is 20.1. The van der Waals surface area contributed by atoms with Crippen molar-refractivity contribution in [2.75, 3.05) is 53.0 Å². The molecule has 0 saturated carbocycles. The minimum Gasteiger partial charge on any atom is -0.456 e. The summed E-state index contributed by atoms with van der Waals surface area (Å²) < 4.78 is 11.5. The third-order valence-corrected chi connectivity index (χ3v) is 5.95. The normalized spacial score (nSPS) is 21.4. The van der Waals surface area contributed by atoms with Crippen LogP contribution in [0, 0.1) is 0 Å². The molecule has 4 rings (SSSR count). The minimum absolute atomic E-state index is 0.00474. The maximum Gasteiger partial charge on any atom is 0.290 e. The molecule has 1 unspecified atom stereocenters. The van der Waals surface area contributed by atoms with Gasteiger partial charge < -0.3 is 19.0 Å². The van der Waals surface area contributed by atoms with E-state index in [2.05, 4.69) is 35.9 Å². The zero-order chi connectivity index (χ0) is 20.2. The lowest BCUT2D eigenvalue weighted by Crippen LogP contribution is -2.49. The molecule has 2 saturated heterocycles. The number of rotatable bonds is 5. The fourth-order valence-electron chi connectivity index (χ4n) is 4.27. The summed E-state index contributed by atoms with van der Waals surface area (Å²) in [7, 11) is 2.11. The van der Waals surface area contributed by atoms with Crippen LogP contribution < -0.4 is 0 Å². The van der Waals surface area contributed by atoms with Crippen LogP contribution in [0.4, 0.5) is 0 Å². The molecule has 0 radical (unpaired) electrons. The average Bonchev–Trinajstić information content (AvgIpc) is 3.17. The number of benzene rings is 1. The number of ether oxygens (including phenoxy) is 1. The van der Waals surface area contributed by atoms with Crippen LogP contribution in [0.2, 0.25) is 0 Å². The molecule has 6 heteroatoms. The number of aryl methyl sites for hydroxylation is 1. The Labute approximate surface area is 173 Å². The number of hydrogen-bond donors (Lipinski definition) is 0. The van der Waals surface area contributed by atoms with E-state index in [1.54, 1.807) is 0 Å². The van der Waals surface area contributed by atoms with E-state index in [-0.39, 0.29) is 11.9 Å². The van der Waals surface area contributed by atoms with E-state index in [9.17, 15) is 4.79 Å². The number of hydrogen-bond acceptors (Lipinski definition) is 5. The summed E-state index contributed by atoms with van der Waals surface area (Å²) in [6.07, 6.45) is 0.789. The van der Waals surface area contributed by atoms with Crippen LogP contribution in [0.25, 0.3) is 0 Å². The maximum atomic E-state index is 13.4. The first-order valence-corrected chi connectivity index (χ1v) is 10.6. The van der Waals surface area contributed by atoms with E-state index in [1.165, 1.54) is 5.56 Å². The highest BCUT2D eigenvalue weighted by Crippen LogP contribution is 2.28. The Hall–Kier alpha value is -2.15. The van der Waals surface area contributed by atoms with Gasteiger partial charge >= 0.3 is 0 Å². The minimum atomic E-state index is -0.00474. The molecule has 2 fully saturated rings. The zero-order valence-electron chi connectivity index (χ0n) is 17.5. The fourth-order valence-corrected chi connectivity index (χ4v) is 4.27. The van der Waals surface area contributed by atoms with Gasteiger partial charge in [0, 0.05) is 51.3 Å². The molecule has 2 aliphatic rings. The lowest BCUT2D eigenvalue weighted by Gasteiger charge is -2.40. The molecule has 29 heavy (non-hydrogen) atoms. The smallest absolute Gasteiger partial charge is 0.290 e. The number of carbonyl (C=O) groups excluding carboxylic acids is 1. The summed E-state index contributed by atoms with van der Waals surface area (Å²) >= 11 is 0. The van der Waals surface area contributed by atoms with Crippen molar-refractivity contribution in [3.8, 4) is 0 Å². The molecule has 156 valence electrons. The lowest BCUT2D eigenvalue weighted by molar-refractivity contribution is 0.0339. The van der Waals surface area contributed by atoms with Gasteiger partial charge in [0.1, 0.15) is 5.76 Å². The Morgan fingerprint density at radius 1 is 1.10 bits per heavy atom. The number of piperazine rings is 1. The van der Waals surface area contributed by atoms with E-state index < -0.39 is 0 Å². The van der Waals surface area contributed by atoms with Crippen LogP contribution in [-0.4, -0.2) is 73.6 Å². The van der Waals surface area contributed by atoms with Crippen molar-refractivity contribution in [2.45, 2.75) is 25.9 Å². The molecule has 0 aliphatic carbocycles. The first-order valence-electron chi connectivity index (χ1n) is 10.6. The third kappa shape index (κ3) is 4.55. The Morgan fingerprint density at radius 2 is 1.86 bits per heavy atom. The van der Waals surface area contributed by atoms with Crippen LogP contribution >= 0.6 is 0 Å². The van der Waals surface area contributed by atoms with Crippen molar-refractivity contribution < 1.29 is 13.9 Å². The van der Waals surface area contributed by atoms with Gasteiger partial charge in [-0.15, -0.1) is 0 Å². The quantitative estimate of drug-likeness (QED) is 0.777. The predicted molar refractivity (Wildman–Crippen MR) is 112 cm³/mol. The van der Waals surface area contributed by atoms with Crippen LogP contribution in [-0.2, 0) is 17.7 Å². The molecule has 0 N–H and O–H groups in total. The van der Waals surface area contributed by atoms with Gasteiger partial charge in [0.25, 0.3) is 5.91 Å². The summed E-state index contributed by atoms with van der Waals surface area (Å²) in [4.78, 5) is 20.1. The number of furan rings is 1. The Balaban J connectivity index is 1.55. The highest BCUT2D eigenvalue weighted by molar-refractivity contribution is 5.92. The molecule has 2 aliphatic heterocycles. The second kappa shape index (κ2) is 9.11. The van der Waals surface area contributed by atoms with E-state index >= 15 is 0 Å². The van der Waals surface area contributed by atoms with E-state index in [4.69, 9.17) is 9.15 Å². The zero-order valence-corrected chi connectivity index (χ0v) is 17.5. The summed E-state index contributed by atoms with van der Waals surface area (Å²) in [5.41, 5.74) is 2.30. The standard InChI is InChI=1S/C23H31N3O3/c1-3-21-19(16-25-11-13-28-14-12-25)15-22(29-21)23(27)26-10-9-24(2)17-20(26)18-7-5-4-6-8-18/h4-8,15,20H,3,9-14,16-17H2,1-2H3. The van der Waals surface area contributed by atoms with Gasteiger partial charge in [0.05, 0.1) is 19.3 Å². The van der Waals surface area contributed by atoms with E-state index in [1.807, 2.05) is 29.2 Å². The molecular formula is C23H31N3O3. The van der Waals surface area contributed by atoms with Crippen molar-refractivity contribution in [1.29, 1.82) is 0 Å². The van der Waals surface area contributed by atoms with Gasteiger partial charge in [0.2, 0.25) is 0 Å². The number of carbonyl (C=O) groups is 1. The van der Waals surface area contributed by atoms with E-state index in [0.29, 0.717) is 12.3 Å². The summed E-state index contributed by atoms with van der Waals surface area (Å²) in [6.45, 7) is 8.69. The first-order chi connectivity index (χ1) is 14.2. The van der Waals surface area contributed by atoms with Crippen molar-refractivity contribution in [3.63, 3.8) is 0 Å². The molecule has 0 bridgehead atoms. The van der Waals surface area contributed by atoms with Crippen molar-refractivity contribution >= 4 is 5.91 Å². The molecule has 2 aromatic rings. The predicted octanol–water partition coefficient (Wildman–Crippen LogP) is 2.80. The van der Waals surface area contributed by atoms with Crippen LogP contribution in [0.3, 0.4) is 0 Å².